The van der Waals surface area contributed by atoms with Gasteiger partial charge in [-0.25, -0.2) is 0 Å². The Morgan fingerprint density at radius 2 is 1.29 bits per heavy atom. The molecule has 2 heteroatoms. The van der Waals surface area contributed by atoms with Crippen molar-refractivity contribution in [3.8, 4) is 11.5 Å². The zero-order valence-corrected chi connectivity index (χ0v) is 17.6. The Morgan fingerprint density at radius 1 is 0.786 bits per heavy atom. The lowest BCUT2D eigenvalue weighted by Crippen LogP contribution is -2.48. The highest BCUT2D eigenvalue weighted by Gasteiger charge is 2.40. The van der Waals surface area contributed by atoms with Crippen molar-refractivity contribution in [2.75, 3.05) is 0 Å². The maximum Gasteiger partial charge on any atom is 0.257 e. The van der Waals surface area contributed by atoms with Gasteiger partial charge in [0.25, 0.3) is 5.79 Å². The first kappa shape index (κ1) is 22.1. The molecule has 0 spiro atoms. The van der Waals surface area contributed by atoms with Crippen LogP contribution in [0.1, 0.15) is 65.2 Å². The molecule has 152 valence electrons. The third kappa shape index (κ3) is 6.74. The van der Waals surface area contributed by atoms with Gasteiger partial charge in [0, 0.05) is 6.42 Å². The molecular formula is C26H36O2. The molecule has 2 nitrogen and oxygen atoms in total. The summed E-state index contributed by atoms with van der Waals surface area (Å²) in [5.74, 6) is 1.02. The van der Waals surface area contributed by atoms with E-state index < -0.39 is 5.79 Å². The van der Waals surface area contributed by atoms with Gasteiger partial charge < -0.3 is 9.47 Å². The molecule has 1 atom stereocenters. The maximum atomic E-state index is 6.51. The van der Waals surface area contributed by atoms with Crippen LogP contribution in [0.3, 0.4) is 0 Å². The first-order valence-electron chi connectivity index (χ1n) is 10.8. The summed E-state index contributed by atoms with van der Waals surface area (Å²) in [6.07, 6.45) is 11.4. The Balaban J connectivity index is 2.15. The first-order valence-corrected chi connectivity index (χ1v) is 10.8. The molecule has 0 N–H and O–H groups in total. The highest BCUT2D eigenvalue weighted by atomic mass is 16.7. The standard InChI is InChI=1S/C26H36O2/c1-4-7-8-9-10-13-18-23(5-2)26(6-3,27-24-19-14-11-15-20-24)28-25-21-16-12-17-22-25/h5,11-12,14-17,19-23H,2,4,6-10,13,18H2,1,3H3. The van der Waals surface area contributed by atoms with Gasteiger partial charge in [-0.2, -0.15) is 0 Å². The summed E-state index contributed by atoms with van der Waals surface area (Å²) in [4.78, 5) is 0. The predicted octanol–water partition coefficient (Wildman–Crippen LogP) is 7.80. The van der Waals surface area contributed by atoms with Crippen molar-refractivity contribution in [2.24, 2.45) is 5.92 Å². The van der Waals surface area contributed by atoms with Crippen LogP contribution in [0, 0.1) is 5.92 Å². The van der Waals surface area contributed by atoms with Gasteiger partial charge in [0.2, 0.25) is 0 Å². The second kappa shape index (κ2) is 12.3. The number of hydrogen-bond acceptors (Lipinski definition) is 2. The van der Waals surface area contributed by atoms with E-state index in [-0.39, 0.29) is 5.92 Å². The number of benzene rings is 2. The van der Waals surface area contributed by atoms with Crippen LogP contribution in [0.25, 0.3) is 0 Å². The minimum Gasteiger partial charge on any atom is -0.452 e. The zero-order valence-electron chi connectivity index (χ0n) is 17.6. The van der Waals surface area contributed by atoms with E-state index >= 15 is 0 Å². The van der Waals surface area contributed by atoms with Crippen LogP contribution in [-0.4, -0.2) is 5.79 Å². The molecule has 2 aromatic carbocycles. The van der Waals surface area contributed by atoms with Crippen LogP contribution >= 0.6 is 0 Å². The minimum absolute atomic E-state index is 0.115. The van der Waals surface area contributed by atoms with Crippen LogP contribution in [0.4, 0.5) is 0 Å². The SMILES string of the molecule is C=CC(CCCCCCCC)C(CC)(Oc1ccccc1)Oc1ccccc1. The summed E-state index contributed by atoms with van der Waals surface area (Å²) in [7, 11) is 0. The molecule has 0 fully saturated rings. The average Bonchev–Trinajstić information content (AvgIpc) is 2.74. The second-order valence-corrected chi connectivity index (χ2v) is 7.39. The lowest BCUT2D eigenvalue weighted by atomic mass is 9.89. The summed E-state index contributed by atoms with van der Waals surface area (Å²) in [5.41, 5.74) is 0. The highest BCUT2D eigenvalue weighted by molar-refractivity contribution is 5.25. The van der Waals surface area contributed by atoms with E-state index in [2.05, 4.69) is 20.4 Å². The Labute approximate surface area is 171 Å². The van der Waals surface area contributed by atoms with Gasteiger partial charge in [-0.3, -0.25) is 0 Å². The normalized spacial score (nSPS) is 12.4. The van der Waals surface area contributed by atoms with Crippen molar-refractivity contribution in [2.45, 2.75) is 71.0 Å². The Bertz CT molecular complexity index is 609. The molecule has 2 rings (SSSR count). The van der Waals surface area contributed by atoms with Crippen molar-refractivity contribution in [3.63, 3.8) is 0 Å². The highest BCUT2D eigenvalue weighted by Crippen LogP contribution is 2.35. The molecule has 0 aromatic heterocycles. The Morgan fingerprint density at radius 3 is 1.75 bits per heavy atom. The Kier molecular flexibility index (Phi) is 9.68. The van der Waals surface area contributed by atoms with E-state index in [1.165, 1.54) is 38.5 Å². The molecule has 28 heavy (non-hydrogen) atoms. The molecule has 0 radical (unpaired) electrons. The summed E-state index contributed by atoms with van der Waals surface area (Å²) >= 11 is 0. The van der Waals surface area contributed by atoms with Crippen molar-refractivity contribution in [1.82, 2.24) is 0 Å². The van der Waals surface area contributed by atoms with Crippen molar-refractivity contribution in [1.29, 1.82) is 0 Å². The lowest BCUT2D eigenvalue weighted by molar-refractivity contribution is -0.148. The topological polar surface area (TPSA) is 18.5 Å². The molecule has 0 amide bonds. The molecule has 0 aliphatic carbocycles. The summed E-state index contributed by atoms with van der Waals surface area (Å²) in [6, 6.07) is 19.9. The van der Waals surface area contributed by atoms with Crippen LogP contribution in [0.5, 0.6) is 11.5 Å². The zero-order chi connectivity index (χ0) is 20.1. The average molecular weight is 381 g/mol. The van der Waals surface area contributed by atoms with Crippen molar-refractivity contribution >= 4 is 0 Å². The third-order valence-electron chi connectivity index (χ3n) is 5.28. The summed E-state index contributed by atoms with van der Waals surface area (Å²) < 4.78 is 13.0. The molecule has 0 bridgehead atoms. The smallest absolute Gasteiger partial charge is 0.257 e. The van der Waals surface area contributed by atoms with E-state index in [9.17, 15) is 0 Å². The van der Waals surface area contributed by atoms with Crippen LogP contribution in [-0.2, 0) is 0 Å². The third-order valence-corrected chi connectivity index (χ3v) is 5.28. The molecular weight excluding hydrogens is 344 g/mol. The lowest BCUT2D eigenvalue weighted by Gasteiger charge is -2.39. The fourth-order valence-electron chi connectivity index (χ4n) is 3.62. The van der Waals surface area contributed by atoms with Crippen LogP contribution in [0.2, 0.25) is 0 Å². The molecule has 2 aromatic rings. The summed E-state index contributed by atoms with van der Waals surface area (Å²) in [5, 5.41) is 0. The van der Waals surface area contributed by atoms with Gasteiger partial charge in [0.1, 0.15) is 11.5 Å². The fraction of sp³-hybridized carbons (Fsp3) is 0.462. The first-order chi connectivity index (χ1) is 13.7. The molecule has 0 saturated carbocycles. The number of ether oxygens (including phenoxy) is 2. The molecule has 1 unspecified atom stereocenters. The van der Waals surface area contributed by atoms with Gasteiger partial charge >= 0.3 is 0 Å². The van der Waals surface area contributed by atoms with Gasteiger partial charge in [-0.15, -0.1) is 6.58 Å². The number of para-hydroxylation sites is 2. The molecule has 0 heterocycles. The van der Waals surface area contributed by atoms with Crippen molar-refractivity contribution < 1.29 is 9.47 Å². The largest absolute Gasteiger partial charge is 0.452 e. The molecule has 0 aliphatic rings. The minimum atomic E-state index is -0.756. The van der Waals surface area contributed by atoms with Gasteiger partial charge in [0.05, 0.1) is 5.92 Å². The van der Waals surface area contributed by atoms with E-state index in [0.717, 1.165) is 24.3 Å². The predicted molar refractivity (Wildman–Crippen MR) is 119 cm³/mol. The van der Waals surface area contributed by atoms with E-state index in [1.807, 2.05) is 66.7 Å². The quantitative estimate of drug-likeness (QED) is 0.189. The van der Waals surface area contributed by atoms with E-state index in [4.69, 9.17) is 9.47 Å². The molecule has 0 aliphatic heterocycles. The van der Waals surface area contributed by atoms with Gasteiger partial charge in [-0.05, 0) is 30.7 Å². The van der Waals surface area contributed by atoms with Crippen LogP contribution in [0.15, 0.2) is 73.3 Å². The monoisotopic (exact) mass is 380 g/mol. The number of rotatable bonds is 14. The summed E-state index contributed by atoms with van der Waals surface area (Å²) in [6.45, 7) is 8.51. The number of hydrogen-bond donors (Lipinski definition) is 0. The fourth-order valence-corrected chi connectivity index (χ4v) is 3.62. The van der Waals surface area contributed by atoms with Crippen LogP contribution < -0.4 is 9.47 Å². The Hall–Kier alpha value is -2.22. The van der Waals surface area contributed by atoms with Crippen molar-refractivity contribution in [3.05, 3.63) is 73.3 Å². The van der Waals surface area contributed by atoms with Gasteiger partial charge in [-0.1, -0.05) is 94.8 Å². The maximum absolute atomic E-state index is 6.51. The second-order valence-electron chi connectivity index (χ2n) is 7.39. The molecule has 0 saturated heterocycles. The van der Waals surface area contributed by atoms with Gasteiger partial charge in [0.15, 0.2) is 0 Å². The van der Waals surface area contributed by atoms with E-state index in [0.29, 0.717) is 0 Å². The van der Waals surface area contributed by atoms with E-state index in [1.54, 1.807) is 0 Å². The number of unbranched alkanes of at least 4 members (excludes halogenated alkanes) is 5.